The monoisotopic (exact) mass is 328 g/mol. The Kier molecular flexibility index (Phi) is 5.42. The van der Waals surface area contributed by atoms with Crippen molar-refractivity contribution in [3.63, 3.8) is 0 Å². The van der Waals surface area contributed by atoms with Gasteiger partial charge in [-0.2, -0.15) is 10.2 Å². The van der Waals surface area contributed by atoms with E-state index >= 15 is 0 Å². The van der Waals surface area contributed by atoms with Crippen LogP contribution in [0.15, 0.2) is 46.6 Å². The van der Waals surface area contributed by atoms with E-state index in [0.29, 0.717) is 34.0 Å². The highest BCUT2D eigenvalue weighted by Crippen LogP contribution is 2.25. The molecule has 6 nitrogen and oxygen atoms in total. The van der Waals surface area contributed by atoms with E-state index in [4.69, 9.17) is 9.47 Å². The second-order valence-electron chi connectivity index (χ2n) is 5.14. The van der Waals surface area contributed by atoms with Crippen LogP contribution in [0.25, 0.3) is 0 Å². The summed E-state index contributed by atoms with van der Waals surface area (Å²) < 4.78 is 10.1. The van der Waals surface area contributed by atoms with Gasteiger partial charge in [0.05, 0.1) is 25.6 Å². The average Bonchev–Trinajstić information content (AvgIpc) is 2.58. The second kappa shape index (κ2) is 7.50. The predicted octanol–water partition coefficient (Wildman–Crippen LogP) is 3.35. The summed E-state index contributed by atoms with van der Waals surface area (Å²) in [5, 5.41) is 28.3. The quantitative estimate of drug-likeness (QED) is 0.651. The summed E-state index contributed by atoms with van der Waals surface area (Å²) in [5.41, 5.74) is 2.21. The molecule has 0 fully saturated rings. The zero-order valence-electron chi connectivity index (χ0n) is 14.1. The summed E-state index contributed by atoms with van der Waals surface area (Å²) in [6, 6.07) is 9.92. The molecule has 0 aliphatic rings. The van der Waals surface area contributed by atoms with Crippen molar-refractivity contribution in [3.8, 4) is 23.0 Å². The second-order valence-corrected chi connectivity index (χ2v) is 5.14. The number of hydrogen-bond donors (Lipinski definition) is 2. The molecule has 0 spiro atoms. The SMILES string of the molecule is COc1ccc(/C(C)=N/N=C(\C)c2ccc(OC)cc2O)c(O)c1. The van der Waals surface area contributed by atoms with Gasteiger partial charge in [0.25, 0.3) is 0 Å². The Balaban J connectivity index is 2.29. The number of nitrogens with zero attached hydrogens (tertiary/aromatic N) is 2. The van der Waals surface area contributed by atoms with Gasteiger partial charge in [-0.3, -0.25) is 0 Å². The third-order valence-electron chi connectivity index (χ3n) is 3.54. The molecule has 2 aromatic carbocycles. The van der Waals surface area contributed by atoms with Crippen LogP contribution in [0.2, 0.25) is 0 Å². The fraction of sp³-hybridized carbons (Fsp3) is 0.222. The van der Waals surface area contributed by atoms with Crippen molar-refractivity contribution in [2.24, 2.45) is 10.2 Å². The first kappa shape index (κ1) is 17.3. The highest BCUT2D eigenvalue weighted by Gasteiger charge is 2.08. The van der Waals surface area contributed by atoms with Crippen LogP contribution < -0.4 is 9.47 Å². The lowest BCUT2D eigenvalue weighted by molar-refractivity contribution is 0.407. The summed E-state index contributed by atoms with van der Waals surface area (Å²) in [7, 11) is 3.06. The van der Waals surface area contributed by atoms with Crippen molar-refractivity contribution in [2.75, 3.05) is 14.2 Å². The normalized spacial score (nSPS) is 12.2. The molecule has 0 unspecified atom stereocenters. The molecule has 6 heteroatoms. The Bertz CT molecular complexity index is 730. The van der Waals surface area contributed by atoms with E-state index in [0.717, 1.165) is 0 Å². The van der Waals surface area contributed by atoms with E-state index < -0.39 is 0 Å². The summed E-state index contributed by atoms with van der Waals surface area (Å²) in [6.07, 6.45) is 0. The van der Waals surface area contributed by atoms with Crippen LogP contribution >= 0.6 is 0 Å². The van der Waals surface area contributed by atoms with Gasteiger partial charge in [0.15, 0.2) is 0 Å². The maximum atomic E-state index is 10.0. The lowest BCUT2D eigenvalue weighted by atomic mass is 10.1. The van der Waals surface area contributed by atoms with Crippen LogP contribution in [0.4, 0.5) is 0 Å². The highest BCUT2D eigenvalue weighted by molar-refractivity contribution is 6.04. The van der Waals surface area contributed by atoms with Gasteiger partial charge in [0, 0.05) is 23.3 Å². The summed E-state index contributed by atoms with van der Waals surface area (Å²) in [4.78, 5) is 0. The molecule has 0 aromatic heterocycles. The molecule has 0 radical (unpaired) electrons. The fourth-order valence-corrected chi connectivity index (χ4v) is 2.15. The Labute approximate surface area is 140 Å². The van der Waals surface area contributed by atoms with E-state index in [1.165, 1.54) is 26.4 Å². The zero-order chi connectivity index (χ0) is 17.7. The Morgan fingerprint density at radius 3 is 1.42 bits per heavy atom. The molecule has 0 saturated carbocycles. The third kappa shape index (κ3) is 3.84. The fourth-order valence-electron chi connectivity index (χ4n) is 2.15. The van der Waals surface area contributed by atoms with Crippen molar-refractivity contribution in [1.82, 2.24) is 0 Å². The highest BCUT2D eigenvalue weighted by atomic mass is 16.5. The molecule has 126 valence electrons. The number of benzene rings is 2. The molecular formula is C18H20N2O4. The van der Waals surface area contributed by atoms with Crippen LogP contribution in [-0.2, 0) is 0 Å². The number of phenolic OH excluding ortho intramolecular Hbond substituents is 2. The third-order valence-corrected chi connectivity index (χ3v) is 3.54. The van der Waals surface area contributed by atoms with Gasteiger partial charge in [-0.05, 0) is 38.1 Å². The molecule has 2 aromatic rings. The van der Waals surface area contributed by atoms with E-state index in [1.54, 1.807) is 38.1 Å². The lowest BCUT2D eigenvalue weighted by Crippen LogP contribution is -1.98. The minimum Gasteiger partial charge on any atom is -0.507 e. The first-order valence-corrected chi connectivity index (χ1v) is 7.30. The van der Waals surface area contributed by atoms with Crippen molar-refractivity contribution in [1.29, 1.82) is 0 Å². The van der Waals surface area contributed by atoms with Crippen molar-refractivity contribution >= 4 is 11.4 Å². The van der Waals surface area contributed by atoms with Crippen LogP contribution in [0.5, 0.6) is 23.0 Å². The van der Waals surface area contributed by atoms with Gasteiger partial charge >= 0.3 is 0 Å². The smallest absolute Gasteiger partial charge is 0.128 e. The number of hydrogen-bond acceptors (Lipinski definition) is 6. The Morgan fingerprint density at radius 2 is 1.12 bits per heavy atom. The largest absolute Gasteiger partial charge is 0.507 e. The molecule has 0 saturated heterocycles. The number of aromatic hydroxyl groups is 2. The zero-order valence-corrected chi connectivity index (χ0v) is 14.1. The molecule has 0 atom stereocenters. The predicted molar refractivity (Wildman–Crippen MR) is 93.7 cm³/mol. The van der Waals surface area contributed by atoms with E-state index in [1.807, 2.05) is 0 Å². The van der Waals surface area contributed by atoms with Crippen molar-refractivity contribution in [3.05, 3.63) is 47.5 Å². The maximum Gasteiger partial charge on any atom is 0.128 e. The molecular weight excluding hydrogens is 308 g/mol. The van der Waals surface area contributed by atoms with E-state index in [9.17, 15) is 10.2 Å². The number of methoxy groups -OCH3 is 2. The van der Waals surface area contributed by atoms with Crippen LogP contribution in [-0.4, -0.2) is 35.9 Å². The van der Waals surface area contributed by atoms with Crippen LogP contribution in [0.1, 0.15) is 25.0 Å². The molecule has 0 aliphatic carbocycles. The Hall–Kier alpha value is -3.02. The Morgan fingerprint density at radius 1 is 0.750 bits per heavy atom. The van der Waals surface area contributed by atoms with Gasteiger partial charge in [0.2, 0.25) is 0 Å². The summed E-state index contributed by atoms with van der Waals surface area (Å²) >= 11 is 0. The molecule has 0 bridgehead atoms. The minimum atomic E-state index is 0.0655. The first-order chi connectivity index (χ1) is 11.5. The summed E-state index contributed by atoms with van der Waals surface area (Å²) in [6.45, 7) is 3.48. The first-order valence-electron chi connectivity index (χ1n) is 7.30. The van der Waals surface area contributed by atoms with Crippen LogP contribution in [0.3, 0.4) is 0 Å². The standard InChI is InChI=1S/C18H20N2O4/c1-11(15-7-5-13(23-3)9-17(15)21)19-20-12(2)16-8-6-14(24-4)10-18(16)22/h5-10,21-22H,1-4H3/b19-11+,20-12+. The van der Waals surface area contributed by atoms with E-state index in [2.05, 4.69) is 10.2 Å². The number of phenols is 2. The van der Waals surface area contributed by atoms with Crippen molar-refractivity contribution in [2.45, 2.75) is 13.8 Å². The molecule has 2 rings (SSSR count). The lowest BCUT2D eigenvalue weighted by Gasteiger charge is -2.07. The van der Waals surface area contributed by atoms with Gasteiger partial charge < -0.3 is 19.7 Å². The molecule has 0 amide bonds. The summed E-state index contributed by atoms with van der Waals surface area (Å²) in [5.74, 6) is 1.25. The van der Waals surface area contributed by atoms with Gasteiger partial charge in [-0.15, -0.1) is 0 Å². The molecule has 24 heavy (non-hydrogen) atoms. The van der Waals surface area contributed by atoms with Gasteiger partial charge in [-0.25, -0.2) is 0 Å². The van der Waals surface area contributed by atoms with E-state index in [-0.39, 0.29) is 11.5 Å². The maximum absolute atomic E-state index is 10.0. The molecule has 0 aliphatic heterocycles. The van der Waals surface area contributed by atoms with Gasteiger partial charge in [0.1, 0.15) is 23.0 Å². The van der Waals surface area contributed by atoms with Crippen molar-refractivity contribution < 1.29 is 19.7 Å². The number of ether oxygens (including phenoxy) is 2. The number of rotatable bonds is 5. The van der Waals surface area contributed by atoms with Crippen LogP contribution in [0, 0.1) is 0 Å². The average molecular weight is 328 g/mol. The molecule has 2 N–H and O–H groups in total. The topological polar surface area (TPSA) is 83.6 Å². The minimum absolute atomic E-state index is 0.0655. The molecule has 0 heterocycles. The van der Waals surface area contributed by atoms with Gasteiger partial charge in [-0.1, -0.05) is 0 Å².